The van der Waals surface area contributed by atoms with Gasteiger partial charge in [-0.2, -0.15) is 0 Å². The van der Waals surface area contributed by atoms with Crippen molar-refractivity contribution < 1.29 is 82.0 Å². The minimum absolute atomic E-state index is 0. The Morgan fingerprint density at radius 1 is 0.864 bits per heavy atom. The van der Waals surface area contributed by atoms with E-state index in [0.29, 0.717) is 6.42 Å². The largest absolute Gasteiger partial charge is 1.00 e. The van der Waals surface area contributed by atoms with Gasteiger partial charge in [0.2, 0.25) is 0 Å². The van der Waals surface area contributed by atoms with Crippen LogP contribution in [0, 0.1) is 0 Å². The Labute approximate surface area is 179 Å². The summed E-state index contributed by atoms with van der Waals surface area (Å²) < 4.78 is 32.1. The van der Waals surface area contributed by atoms with E-state index in [4.69, 9.17) is 0 Å². The molecule has 0 saturated carbocycles. The predicted octanol–water partition coefficient (Wildman–Crippen LogP) is -4.03. The third kappa shape index (κ3) is 16.2. The van der Waals surface area contributed by atoms with E-state index in [1.165, 1.54) is 32.1 Å². The van der Waals surface area contributed by atoms with E-state index < -0.39 is 21.3 Å². The van der Waals surface area contributed by atoms with Gasteiger partial charge in [-0.05, 0) is 6.42 Å². The molecule has 0 N–H and O–H groups in total. The second-order valence-corrected chi connectivity index (χ2v) is 6.83. The number of unbranched alkanes of at least 4 members (excludes halogenated alkanes) is 9. The van der Waals surface area contributed by atoms with Gasteiger partial charge in [-0.15, -0.1) is 0 Å². The normalized spacial score (nSPS) is 12.1. The van der Waals surface area contributed by atoms with E-state index in [1.807, 2.05) is 0 Å². The molecule has 1 atom stereocenters. The third-order valence-electron chi connectivity index (χ3n) is 3.43. The maximum Gasteiger partial charge on any atom is 1.00 e. The van der Waals surface area contributed by atoms with E-state index in [1.54, 1.807) is 0 Å². The Balaban J connectivity index is -0.00000180. The molecule has 0 fully saturated rings. The van der Waals surface area contributed by atoms with E-state index in [9.17, 15) is 22.9 Å². The minimum atomic E-state index is -4.79. The molecule has 1 unspecified atom stereocenters. The van der Waals surface area contributed by atoms with Gasteiger partial charge < -0.3 is 14.5 Å². The summed E-state index contributed by atoms with van der Waals surface area (Å²) in [6.45, 7) is 2.18. The molecule has 0 amide bonds. The average molecular weight is 352 g/mol. The maximum absolute atomic E-state index is 10.7. The first kappa shape index (κ1) is 28.2. The SMILES string of the molecule is CCCCCCCCCCCCC(C(=O)[O-])S(=O)(=O)[O-].[Na+].[Na+]. The molecule has 0 rings (SSSR count). The number of aliphatic carboxylic acids is 1. The smallest absolute Gasteiger partial charge is 0.747 e. The van der Waals surface area contributed by atoms with Crippen LogP contribution in [0.15, 0.2) is 0 Å². The second-order valence-electron chi connectivity index (χ2n) is 5.27. The molecule has 0 radical (unpaired) electrons. The van der Waals surface area contributed by atoms with Crippen molar-refractivity contribution in [2.24, 2.45) is 0 Å². The Morgan fingerprint density at radius 3 is 1.55 bits per heavy atom. The van der Waals surface area contributed by atoms with Gasteiger partial charge in [-0.1, -0.05) is 71.1 Å². The van der Waals surface area contributed by atoms with E-state index in [0.717, 1.165) is 25.7 Å². The predicted molar refractivity (Wildman–Crippen MR) is 75.0 cm³/mol. The molecule has 0 aromatic heterocycles. The van der Waals surface area contributed by atoms with Crippen molar-refractivity contribution in [2.75, 3.05) is 0 Å². The summed E-state index contributed by atoms with van der Waals surface area (Å²) in [7, 11) is -4.79. The first-order valence-electron chi connectivity index (χ1n) is 7.55. The molecule has 22 heavy (non-hydrogen) atoms. The van der Waals surface area contributed by atoms with Gasteiger partial charge in [0.25, 0.3) is 0 Å². The summed E-state index contributed by atoms with van der Waals surface area (Å²) in [5, 5.41) is 8.66. The van der Waals surface area contributed by atoms with Crippen molar-refractivity contribution in [3.05, 3.63) is 0 Å². The Kier molecular flexibility index (Phi) is 22.1. The molecule has 120 valence electrons. The van der Waals surface area contributed by atoms with Crippen molar-refractivity contribution in [1.82, 2.24) is 0 Å². The van der Waals surface area contributed by atoms with Crippen LogP contribution in [0.5, 0.6) is 0 Å². The van der Waals surface area contributed by atoms with Crippen LogP contribution < -0.4 is 64.2 Å². The van der Waals surface area contributed by atoms with Crippen LogP contribution in [0.25, 0.3) is 0 Å². The first-order chi connectivity index (χ1) is 9.39. The molecule has 0 saturated heterocycles. The third-order valence-corrected chi connectivity index (χ3v) is 4.56. The first-order valence-corrected chi connectivity index (χ1v) is 9.02. The molecular formula is C14H26Na2O5S. The Hall–Kier alpha value is 1.38. The van der Waals surface area contributed by atoms with Gasteiger partial charge in [0.15, 0.2) is 0 Å². The molecular weight excluding hydrogens is 326 g/mol. The second kappa shape index (κ2) is 17.2. The van der Waals surface area contributed by atoms with E-state index in [-0.39, 0.29) is 65.5 Å². The Bertz CT molecular complexity index is 360. The molecule has 0 bridgehead atoms. The maximum atomic E-state index is 10.7. The number of carboxylic acid groups (broad SMARTS) is 1. The number of carbonyl (C=O) groups excluding carboxylic acids is 1. The summed E-state index contributed by atoms with van der Waals surface area (Å²) in [5.41, 5.74) is 0. The minimum Gasteiger partial charge on any atom is -0.747 e. The summed E-state index contributed by atoms with van der Waals surface area (Å²) in [6.07, 6.45) is 10.5. The Morgan fingerprint density at radius 2 is 1.23 bits per heavy atom. The van der Waals surface area contributed by atoms with Crippen molar-refractivity contribution >= 4 is 16.1 Å². The fourth-order valence-corrected chi connectivity index (χ4v) is 2.89. The summed E-state index contributed by atoms with van der Waals surface area (Å²) in [6, 6.07) is 0. The zero-order chi connectivity index (χ0) is 15.4. The molecule has 0 spiro atoms. The average Bonchev–Trinajstić information content (AvgIpc) is 2.34. The van der Waals surface area contributed by atoms with Crippen LogP contribution in [0.2, 0.25) is 0 Å². The molecule has 5 nitrogen and oxygen atoms in total. The standard InChI is InChI=1S/C14H28O5S.2Na/c1-2-3-4-5-6-7-8-9-10-11-12-13(14(15)16)20(17,18)19;;/h13H,2-12H2,1H3,(H,15,16)(H,17,18,19);;/q;2*+1/p-2. The number of rotatable bonds is 13. The number of carboxylic acids is 1. The molecule has 0 aliphatic heterocycles. The molecule has 0 aromatic rings. The van der Waals surface area contributed by atoms with Crippen molar-refractivity contribution in [3.63, 3.8) is 0 Å². The van der Waals surface area contributed by atoms with Crippen LogP contribution in [0.4, 0.5) is 0 Å². The van der Waals surface area contributed by atoms with Gasteiger partial charge in [-0.3, -0.25) is 0 Å². The van der Waals surface area contributed by atoms with Crippen LogP contribution in [0.1, 0.15) is 77.6 Å². The monoisotopic (exact) mass is 352 g/mol. The zero-order valence-electron chi connectivity index (χ0n) is 14.3. The summed E-state index contributed by atoms with van der Waals surface area (Å²) in [5.74, 6) is -1.78. The molecule has 0 aromatic carbocycles. The van der Waals surface area contributed by atoms with Crippen molar-refractivity contribution in [1.29, 1.82) is 0 Å². The van der Waals surface area contributed by atoms with Gasteiger partial charge in [0.05, 0.1) is 11.2 Å². The van der Waals surface area contributed by atoms with Gasteiger partial charge in [-0.25, -0.2) is 8.42 Å². The quantitative estimate of drug-likeness (QED) is 0.191. The van der Waals surface area contributed by atoms with Gasteiger partial charge in [0.1, 0.15) is 10.1 Å². The van der Waals surface area contributed by atoms with Crippen molar-refractivity contribution in [3.8, 4) is 0 Å². The van der Waals surface area contributed by atoms with E-state index in [2.05, 4.69) is 6.92 Å². The number of hydrogen-bond acceptors (Lipinski definition) is 5. The van der Waals surface area contributed by atoms with Gasteiger partial charge >= 0.3 is 59.1 Å². The topological polar surface area (TPSA) is 97.3 Å². The number of hydrogen-bond donors (Lipinski definition) is 0. The molecule has 0 aliphatic rings. The summed E-state index contributed by atoms with van der Waals surface area (Å²) >= 11 is 0. The molecule has 8 heteroatoms. The van der Waals surface area contributed by atoms with Crippen LogP contribution in [-0.4, -0.2) is 24.2 Å². The van der Waals surface area contributed by atoms with Crippen LogP contribution >= 0.6 is 0 Å². The fraction of sp³-hybridized carbons (Fsp3) is 0.929. The van der Waals surface area contributed by atoms with E-state index >= 15 is 0 Å². The molecule has 0 heterocycles. The molecule has 0 aliphatic carbocycles. The zero-order valence-corrected chi connectivity index (χ0v) is 19.1. The van der Waals surface area contributed by atoms with Crippen LogP contribution in [0.3, 0.4) is 0 Å². The fourth-order valence-electron chi connectivity index (χ4n) is 2.20. The van der Waals surface area contributed by atoms with Crippen LogP contribution in [-0.2, 0) is 14.9 Å². The van der Waals surface area contributed by atoms with Crippen molar-refractivity contribution in [2.45, 2.75) is 82.8 Å². The van der Waals surface area contributed by atoms with Gasteiger partial charge in [0, 0.05) is 0 Å². The number of carbonyl (C=O) groups is 1. The summed E-state index contributed by atoms with van der Waals surface area (Å²) in [4.78, 5) is 10.5.